The summed E-state index contributed by atoms with van der Waals surface area (Å²) in [7, 11) is 0. The Labute approximate surface area is 318 Å². The fourth-order valence-corrected chi connectivity index (χ4v) is 8.16. The lowest BCUT2D eigenvalue weighted by molar-refractivity contribution is 1.10. The number of imidazole rings is 1. The highest BCUT2D eigenvalue weighted by Crippen LogP contribution is 2.39. The lowest BCUT2D eigenvalue weighted by Crippen LogP contribution is -1.97. The second-order valence-corrected chi connectivity index (χ2v) is 14.2. The molecule has 0 saturated carbocycles. The lowest BCUT2D eigenvalue weighted by Gasteiger charge is -2.14. The molecule has 0 bridgehead atoms. The van der Waals surface area contributed by atoms with Crippen molar-refractivity contribution in [2.75, 3.05) is 0 Å². The van der Waals surface area contributed by atoms with Gasteiger partial charge >= 0.3 is 0 Å². The molecule has 0 aliphatic rings. The van der Waals surface area contributed by atoms with Crippen LogP contribution in [0, 0.1) is 0 Å². The minimum atomic E-state index is 0.911. The van der Waals surface area contributed by atoms with Crippen LogP contribution >= 0.6 is 0 Å². The van der Waals surface area contributed by atoms with Crippen molar-refractivity contribution in [3.63, 3.8) is 0 Å². The highest BCUT2D eigenvalue weighted by molar-refractivity contribution is 6.13. The van der Waals surface area contributed by atoms with Crippen molar-refractivity contribution in [1.82, 2.24) is 14.5 Å². The van der Waals surface area contributed by atoms with Gasteiger partial charge in [-0.3, -0.25) is 4.57 Å². The van der Waals surface area contributed by atoms with Crippen molar-refractivity contribution < 1.29 is 0 Å². The molecule has 256 valence electrons. The standard InChI is InChI=1S/C52H33N3/c1-2-14-44(15-3-1)55-50-17-9-8-16-48(50)54-52(55)37-22-20-36(21-23-37)51-47-32-42(40-24-18-34-10-4-6-12-38(34)30-40)26-28-45(47)46-29-27-43(33-49(46)53-51)41-25-19-35-11-5-7-13-39(35)31-41/h1-33H. The van der Waals surface area contributed by atoms with Crippen molar-refractivity contribution in [2.24, 2.45) is 0 Å². The van der Waals surface area contributed by atoms with Gasteiger partial charge in [-0.25, -0.2) is 9.97 Å². The van der Waals surface area contributed by atoms with Crippen LogP contribution in [-0.2, 0) is 0 Å². The van der Waals surface area contributed by atoms with Gasteiger partial charge in [0, 0.05) is 27.6 Å². The number of pyridine rings is 1. The van der Waals surface area contributed by atoms with Crippen LogP contribution in [0.2, 0.25) is 0 Å². The van der Waals surface area contributed by atoms with Crippen molar-refractivity contribution >= 4 is 54.3 Å². The minimum Gasteiger partial charge on any atom is -0.292 e. The molecule has 0 atom stereocenters. The smallest absolute Gasteiger partial charge is 0.145 e. The van der Waals surface area contributed by atoms with Crippen LogP contribution in [-0.4, -0.2) is 14.5 Å². The molecule has 0 fully saturated rings. The monoisotopic (exact) mass is 699 g/mol. The molecule has 0 unspecified atom stereocenters. The Morgan fingerprint density at radius 3 is 1.55 bits per heavy atom. The van der Waals surface area contributed by atoms with Gasteiger partial charge in [0.2, 0.25) is 0 Å². The zero-order valence-corrected chi connectivity index (χ0v) is 29.9. The molecule has 3 heteroatoms. The van der Waals surface area contributed by atoms with Gasteiger partial charge in [0.15, 0.2) is 0 Å². The molecule has 0 spiro atoms. The molecule has 0 radical (unpaired) electrons. The second kappa shape index (κ2) is 12.6. The van der Waals surface area contributed by atoms with Crippen molar-refractivity contribution in [3.8, 4) is 50.6 Å². The Balaban J connectivity index is 1.09. The number of hydrogen-bond acceptors (Lipinski definition) is 2. The zero-order valence-electron chi connectivity index (χ0n) is 29.9. The first-order chi connectivity index (χ1) is 27.2. The van der Waals surface area contributed by atoms with E-state index in [1.165, 1.54) is 43.6 Å². The van der Waals surface area contributed by atoms with Crippen LogP contribution < -0.4 is 0 Å². The molecule has 0 aliphatic carbocycles. The Bertz CT molecular complexity index is 3250. The molecule has 0 amide bonds. The molecule has 11 aromatic rings. The second-order valence-electron chi connectivity index (χ2n) is 14.2. The first-order valence-corrected chi connectivity index (χ1v) is 18.7. The van der Waals surface area contributed by atoms with E-state index >= 15 is 0 Å². The zero-order chi connectivity index (χ0) is 36.3. The van der Waals surface area contributed by atoms with E-state index in [-0.39, 0.29) is 0 Å². The van der Waals surface area contributed by atoms with E-state index < -0.39 is 0 Å². The minimum absolute atomic E-state index is 0.911. The maximum atomic E-state index is 5.49. The Kier molecular flexibility index (Phi) is 7.17. The number of para-hydroxylation sites is 3. The van der Waals surface area contributed by atoms with Crippen LogP contribution in [0.4, 0.5) is 0 Å². The number of fused-ring (bicyclic) bond motifs is 6. The van der Waals surface area contributed by atoms with Crippen molar-refractivity contribution in [2.45, 2.75) is 0 Å². The predicted molar refractivity (Wildman–Crippen MR) is 231 cm³/mol. The highest BCUT2D eigenvalue weighted by atomic mass is 15.1. The summed E-state index contributed by atoms with van der Waals surface area (Å²) in [6.07, 6.45) is 0. The van der Waals surface area contributed by atoms with Gasteiger partial charge in [0.05, 0.1) is 22.2 Å². The van der Waals surface area contributed by atoms with Gasteiger partial charge < -0.3 is 0 Å². The van der Waals surface area contributed by atoms with E-state index in [1.54, 1.807) is 0 Å². The summed E-state index contributed by atoms with van der Waals surface area (Å²) in [5.41, 5.74) is 11.9. The van der Waals surface area contributed by atoms with Crippen LogP contribution in [0.5, 0.6) is 0 Å². The van der Waals surface area contributed by atoms with Crippen molar-refractivity contribution in [3.05, 3.63) is 200 Å². The third kappa shape index (κ3) is 5.36. The van der Waals surface area contributed by atoms with Gasteiger partial charge in [-0.1, -0.05) is 152 Å². The molecule has 3 nitrogen and oxygen atoms in total. The number of benzene rings is 9. The topological polar surface area (TPSA) is 30.7 Å². The molecule has 2 aromatic heterocycles. The fourth-order valence-electron chi connectivity index (χ4n) is 8.16. The normalized spacial score (nSPS) is 11.6. The van der Waals surface area contributed by atoms with Crippen molar-refractivity contribution in [1.29, 1.82) is 0 Å². The summed E-state index contributed by atoms with van der Waals surface area (Å²) in [4.78, 5) is 10.6. The third-order valence-corrected chi connectivity index (χ3v) is 11.0. The first kappa shape index (κ1) is 31.2. The highest BCUT2D eigenvalue weighted by Gasteiger charge is 2.17. The maximum Gasteiger partial charge on any atom is 0.145 e. The fraction of sp³-hybridized carbons (Fsp3) is 0. The molecule has 11 rings (SSSR count). The average Bonchev–Trinajstić information content (AvgIpc) is 3.65. The Morgan fingerprint density at radius 1 is 0.309 bits per heavy atom. The third-order valence-electron chi connectivity index (χ3n) is 11.0. The Hall–Kier alpha value is -7.36. The van der Waals surface area contributed by atoms with Crippen LogP contribution in [0.15, 0.2) is 200 Å². The molecule has 0 N–H and O–H groups in total. The summed E-state index contributed by atoms with van der Waals surface area (Å²) >= 11 is 0. The van der Waals surface area contributed by atoms with E-state index in [0.29, 0.717) is 0 Å². The molecule has 0 saturated heterocycles. The average molecular weight is 700 g/mol. The maximum absolute atomic E-state index is 5.49. The van der Waals surface area contributed by atoms with Crippen LogP contribution in [0.3, 0.4) is 0 Å². The first-order valence-electron chi connectivity index (χ1n) is 18.7. The van der Waals surface area contributed by atoms with Gasteiger partial charge in [0.25, 0.3) is 0 Å². The summed E-state index contributed by atoms with van der Waals surface area (Å²) in [6.45, 7) is 0. The van der Waals surface area contributed by atoms with Crippen LogP contribution in [0.25, 0.3) is 105 Å². The quantitative estimate of drug-likeness (QED) is 0.167. The largest absolute Gasteiger partial charge is 0.292 e. The molecular formula is C52H33N3. The summed E-state index contributed by atoms with van der Waals surface area (Å²) < 4.78 is 2.25. The van der Waals surface area contributed by atoms with Gasteiger partial charge in [0.1, 0.15) is 5.82 Å². The predicted octanol–water partition coefficient (Wildman–Crippen LogP) is 13.7. The van der Waals surface area contributed by atoms with Gasteiger partial charge in [-0.15, -0.1) is 0 Å². The molecular weight excluding hydrogens is 667 g/mol. The summed E-state index contributed by atoms with van der Waals surface area (Å²) in [6, 6.07) is 71.6. The van der Waals surface area contributed by atoms with E-state index in [4.69, 9.17) is 9.97 Å². The Morgan fingerprint density at radius 2 is 0.836 bits per heavy atom. The number of rotatable bonds is 5. The summed E-state index contributed by atoms with van der Waals surface area (Å²) in [5, 5.41) is 8.39. The molecule has 55 heavy (non-hydrogen) atoms. The van der Waals surface area contributed by atoms with Gasteiger partial charge in [-0.2, -0.15) is 0 Å². The SMILES string of the molecule is c1ccc(-n2c(-c3ccc(-c4nc5cc(-c6ccc7ccccc7c6)ccc5c5ccc(-c6ccc7ccccc7c6)cc45)cc3)nc3ccccc32)cc1. The van der Waals surface area contributed by atoms with E-state index in [2.05, 4.69) is 193 Å². The molecule has 0 aliphatic heterocycles. The van der Waals surface area contributed by atoms with Gasteiger partial charge in [-0.05, 0) is 97.7 Å². The molecule has 2 heterocycles. The lowest BCUT2D eigenvalue weighted by atomic mass is 9.93. The number of aromatic nitrogens is 3. The van der Waals surface area contributed by atoms with E-state index in [9.17, 15) is 0 Å². The van der Waals surface area contributed by atoms with E-state index in [0.717, 1.165) is 61.2 Å². The summed E-state index contributed by atoms with van der Waals surface area (Å²) in [5.74, 6) is 0.911. The van der Waals surface area contributed by atoms with Crippen LogP contribution in [0.1, 0.15) is 0 Å². The molecule has 9 aromatic carbocycles. The van der Waals surface area contributed by atoms with E-state index in [1.807, 2.05) is 12.1 Å². The number of nitrogens with zero attached hydrogens (tertiary/aromatic N) is 3. The number of hydrogen-bond donors (Lipinski definition) is 0.